The van der Waals surface area contributed by atoms with E-state index in [1.165, 1.54) is 0 Å². The Balaban J connectivity index is 0. The van der Waals surface area contributed by atoms with Gasteiger partial charge in [0, 0.05) is 0 Å². The molecule has 4 heteroatoms. The fourth-order valence-corrected chi connectivity index (χ4v) is 0. The molecule has 0 aromatic heterocycles. The van der Waals surface area contributed by atoms with Gasteiger partial charge < -0.3 is 0 Å². The van der Waals surface area contributed by atoms with Crippen molar-refractivity contribution in [2.75, 3.05) is 0 Å². The quantitative estimate of drug-likeness (QED) is 0.427. The highest BCUT2D eigenvalue weighted by molar-refractivity contribution is 7.47. The Bertz CT molecular complexity index is 55.7. The maximum atomic E-state index is 5.50. The lowest BCUT2D eigenvalue weighted by molar-refractivity contribution is 2.19. The zero-order valence-corrected chi connectivity index (χ0v) is 7.28. The van der Waals surface area contributed by atoms with Crippen molar-refractivity contribution >= 4 is 41.3 Å². The van der Waals surface area contributed by atoms with Gasteiger partial charge in [-0.3, -0.25) is 0 Å². The van der Waals surface area contributed by atoms with E-state index in [9.17, 15) is 0 Å². The molecule has 0 aromatic rings. The Morgan fingerprint density at radius 3 is 1.71 bits per heavy atom. The summed E-state index contributed by atoms with van der Waals surface area (Å²) in [5, 5.41) is 0. The molecule has 0 heterocycles. The fourth-order valence-electron chi connectivity index (χ4n) is 0. The van der Waals surface area contributed by atoms with Crippen molar-refractivity contribution in [2.24, 2.45) is 0 Å². The summed E-state index contributed by atoms with van der Waals surface area (Å²) in [5.74, 6) is 0. The summed E-state index contributed by atoms with van der Waals surface area (Å²) >= 11 is 11.0. The summed E-state index contributed by atoms with van der Waals surface area (Å²) in [6.07, 6.45) is 0. The summed E-state index contributed by atoms with van der Waals surface area (Å²) in [4.78, 5) is 0. The van der Waals surface area contributed by atoms with E-state index in [2.05, 4.69) is 6.58 Å². The fraction of sp³-hybridized carbons (Fsp3) is 0.333. The Morgan fingerprint density at radius 2 is 1.71 bits per heavy atom. The van der Waals surface area contributed by atoms with E-state index in [1.54, 1.807) is 12.2 Å². The van der Waals surface area contributed by atoms with E-state index in [0.29, 0.717) is 0 Å². The molecule has 7 heavy (non-hydrogen) atoms. The van der Waals surface area contributed by atoms with Gasteiger partial charge in [0.25, 0.3) is 6.69 Å². The second kappa shape index (κ2) is 3.78. The molecular weight excluding hydrogens is 170 g/mol. The first-order valence-corrected chi connectivity index (χ1v) is 6.18. The molecule has 0 aliphatic carbocycles. The highest BCUT2D eigenvalue weighted by Crippen LogP contribution is 2.12. The van der Waals surface area contributed by atoms with E-state index >= 15 is 0 Å². The Morgan fingerprint density at radius 1 is 1.57 bits per heavy atom. The predicted octanol–water partition coefficient (Wildman–Crippen LogP) is 2.68. The minimum Gasteiger partial charge on any atom is -0.147 e. The molecule has 0 unspecified atom stereocenters. The lowest BCUT2D eigenvalue weighted by Crippen LogP contribution is -2.05. The highest BCUT2D eigenvalue weighted by atomic mass is 35.7. The highest BCUT2D eigenvalue weighted by Gasteiger charge is 2.12. The zero-order valence-electron chi connectivity index (χ0n) is 3.95. The molecule has 0 aliphatic heterocycles. The van der Waals surface area contributed by atoms with Gasteiger partial charge in [-0.1, -0.05) is 5.70 Å². The third-order valence-electron chi connectivity index (χ3n) is 0.358. The summed E-state index contributed by atoms with van der Waals surface area (Å²) in [6.45, 7) is 3.30. The molecule has 0 N–H and O–H groups in total. The summed E-state index contributed by atoms with van der Waals surface area (Å²) in [5.41, 5.74) is 1.61. The third kappa shape index (κ3) is 10.9. The lowest BCUT2D eigenvalue weighted by Gasteiger charge is -1.96. The standard InChI is InChI=1S/C3H6Cl2Si.ClH/c1-3-6(2,4)5;/h3H,1H2,2H3;1H. The van der Waals surface area contributed by atoms with Crippen LogP contribution in [-0.4, -0.2) is 6.69 Å². The van der Waals surface area contributed by atoms with Crippen LogP contribution in [0.4, 0.5) is 0 Å². The van der Waals surface area contributed by atoms with E-state index in [0.717, 1.165) is 0 Å². The van der Waals surface area contributed by atoms with Crippen molar-refractivity contribution in [3.05, 3.63) is 12.3 Å². The lowest BCUT2D eigenvalue weighted by atomic mass is 11.3. The topological polar surface area (TPSA) is 0 Å². The van der Waals surface area contributed by atoms with Crippen molar-refractivity contribution in [1.82, 2.24) is 0 Å². The third-order valence-corrected chi connectivity index (χ3v) is 2.00. The molecule has 0 spiro atoms. The largest absolute Gasteiger partial charge is 0.270 e. The molecule has 0 amide bonds. The van der Waals surface area contributed by atoms with Crippen molar-refractivity contribution in [1.29, 1.82) is 0 Å². The van der Waals surface area contributed by atoms with Gasteiger partial charge in [0.2, 0.25) is 0 Å². The van der Waals surface area contributed by atoms with E-state index in [-0.39, 0.29) is 12.4 Å². The first-order chi connectivity index (χ1) is 2.56. The zero-order chi connectivity index (χ0) is 5.21. The van der Waals surface area contributed by atoms with Gasteiger partial charge in [-0.25, -0.2) is 0 Å². The Labute approximate surface area is 60.3 Å². The molecule has 0 bridgehead atoms. The normalized spacial score (nSPS) is 9.57. The maximum absolute atomic E-state index is 5.50. The summed E-state index contributed by atoms with van der Waals surface area (Å²) in [6, 6.07) is 0. The number of hydrogen-bond donors (Lipinski definition) is 0. The second-order valence-corrected chi connectivity index (χ2v) is 8.77. The van der Waals surface area contributed by atoms with Gasteiger partial charge in [-0.2, -0.15) is 0 Å². The molecule has 44 valence electrons. The molecule has 0 aromatic carbocycles. The van der Waals surface area contributed by atoms with Crippen LogP contribution in [0.25, 0.3) is 0 Å². The van der Waals surface area contributed by atoms with Crippen molar-refractivity contribution in [3.63, 3.8) is 0 Å². The van der Waals surface area contributed by atoms with Gasteiger partial charge in [0.15, 0.2) is 0 Å². The van der Waals surface area contributed by atoms with Crippen LogP contribution in [0.15, 0.2) is 12.3 Å². The molecule has 0 saturated carbocycles. The predicted molar refractivity (Wildman–Crippen MR) is 40.8 cm³/mol. The number of rotatable bonds is 1. The molecule has 0 saturated heterocycles. The van der Waals surface area contributed by atoms with Crippen LogP contribution in [-0.2, 0) is 0 Å². The maximum Gasteiger partial charge on any atom is 0.270 e. The van der Waals surface area contributed by atoms with Crippen molar-refractivity contribution in [3.8, 4) is 0 Å². The van der Waals surface area contributed by atoms with E-state index in [1.807, 2.05) is 0 Å². The molecule has 0 fully saturated rings. The number of halogens is 3. The molecule has 0 rings (SSSR count). The second-order valence-electron chi connectivity index (χ2n) is 1.16. The molecule has 0 nitrogen and oxygen atoms in total. The molecular formula is C3H7Cl3Si. The summed E-state index contributed by atoms with van der Waals surface area (Å²) < 4.78 is 0. The van der Waals surface area contributed by atoms with E-state index in [4.69, 9.17) is 22.2 Å². The van der Waals surface area contributed by atoms with Crippen LogP contribution in [0.3, 0.4) is 0 Å². The van der Waals surface area contributed by atoms with Gasteiger partial charge in [-0.05, 0) is 6.55 Å². The average Bonchev–Trinajstić information content (AvgIpc) is 1.35. The first kappa shape index (κ1) is 10.7. The van der Waals surface area contributed by atoms with Gasteiger partial charge in [-0.15, -0.1) is 41.1 Å². The van der Waals surface area contributed by atoms with Crippen LogP contribution in [0.1, 0.15) is 0 Å². The van der Waals surface area contributed by atoms with Gasteiger partial charge >= 0.3 is 0 Å². The van der Waals surface area contributed by atoms with Crippen LogP contribution >= 0.6 is 34.6 Å². The minimum absolute atomic E-state index is 0. The average molecular weight is 178 g/mol. The van der Waals surface area contributed by atoms with Crippen LogP contribution < -0.4 is 0 Å². The van der Waals surface area contributed by atoms with Crippen LogP contribution in [0.5, 0.6) is 0 Å². The Hall–Kier alpha value is 0.827. The van der Waals surface area contributed by atoms with Crippen LogP contribution in [0.2, 0.25) is 6.55 Å². The van der Waals surface area contributed by atoms with Gasteiger partial charge in [0.05, 0.1) is 0 Å². The first-order valence-electron chi connectivity index (χ1n) is 1.57. The van der Waals surface area contributed by atoms with Crippen molar-refractivity contribution < 1.29 is 0 Å². The molecule has 0 atom stereocenters. The smallest absolute Gasteiger partial charge is 0.147 e. The van der Waals surface area contributed by atoms with Crippen molar-refractivity contribution in [2.45, 2.75) is 6.55 Å². The molecule has 0 aliphatic rings. The SMILES string of the molecule is C=C[Si](C)(Cl)Cl.Cl. The van der Waals surface area contributed by atoms with Gasteiger partial charge in [0.1, 0.15) is 0 Å². The summed E-state index contributed by atoms with van der Waals surface area (Å²) in [7, 11) is 0. The minimum atomic E-state index is -1.92. The van der Waals surface area contributed by atoms with Crippen LogP contribution in [0, 0.1) is 0 Å². The Kier molecular flexibility index (Phi) is 5.81. The number of hydrogen-bond acceptors (Lipinski definition) is 0. The molecule has 0 radical (unpaired) electrons. The monoisotopic (exact) mass is 176 g/mol. The van der Waals surface area contributed by atoms with E-state index < -0.39 is 6.69 Å².